The molecular weight excluding hydrogens is 402 g/mol. The first kappa shape index (κ1) is 27.2. The molecule has 0 radical (unpaired) electrons. The molecule has 0 aromatic heterocycles. The van der Waals surface area contributed by atoms with E-state index in [1.54, 1.807) is 0 Å². The number of nitrogens with zero attached hydrogens (tertiary/aromatic N) is 1. The zero-order valence-corrected chi connectivity index (χ0v) is 21.4. The van der Waals surface area contributed by atoms with Gasteiger partial charge >= 0.3 is 0 Å². The number of ether oxygens (including phenoxy) is 1. The molecule has 2 aromatic rings. The third-order valence-electron chi connectivity index (χ3n) is 6.26. The van der Waals surface area contributed by atoms with Crippen molar-refractivity contribution in [2.75, 3.05) is 6.61 Å². The summed E-state index contributed by atoms with van der Waals surface area (Å²) in [6, 6.07) is 17.0. The van der Waals surface area contributed by atoms with Gasteiger partial charge in [0.2, 0.25) is 0 Å². The van der Waals surface area contributed by atoms with Gasteiger partial charge in [0.25, 0.3) is 0 Å². The van der Waals surface area contributed by atoms with Gasteiger partial charge in [-0.2, -0.15) is 0 Å². The molecule has 0 aliphatic heterocycles. The highest BCUT2D eigenvalue weighted by Crippen LogP contribution is 2.17. The summed E-state index contributed by atoms with van der Waals surface area (Å²) in [6.45, 7) is 5.35. The van der Waals surface area contributed by atoms with Gasteiger partial charge in [-0.15, -0.1) is 0 Å². The molecule has 0 bridgehead atoms. The quantitative estimate of drug-likeness (QED) is 0.154. The van der Waals surface area contributed by atoms with Crippen molar-refractivity contribution in [3.05, 3.63) is 59.7 Å². The van der Waals surface area contributed by atoms with E-state index in [0.29, 0.717) is 0 Å². The van der Waals surface area contributed by atoms with Crippen LogP contribution in [0.3, 0.4) is 0 Å². The molecule has 2 rings (SSSR count). The molecule has 33 heavy (non-hydrogen) atoms. The molecule has 0 saturated heterocycles. The number of aliphatic imine (C=N–C) groups is 1. The fourth-order valence-electron chi connectivity index (χ4n) is 4.08. The SMILES string of the molecule is CCCCCCCCCCc1ccc(N=Cc2ccc(OCCCCCCCC)cc2)cc1. The van der Waals surface area contributed by atoms with E-state index in [1.807, 2.05) is 18.3 Å². The molecule has 2 aromatic carbocycles. The van der Waals surface area contributed by atoms with E-state index in [9.17, 15) is 0 Å². The minimum Gasteiger partial charge on any atom is -0.494 e. The van der Waals surface area contributed by atoms with E-state index in [2.05, 4.69) is 55.2 Å². The van der Waals surface area contributed by atoms with Crippen LogP contribution in [-0.2, 0) is 6.42 Å². The van der Waals surface area contributed by atoms with E-state index >= 15 is 0 Å². The van der Waals surface area contributed by atoms with Crippen molar-refractivity contribution in [2.45, 2.75) is 110 Å². The fourth-order valence-corrected chi connectivity index (χ4v) is 4.08. The fraction of sp³-hybridized carbons (Fsp3) is 0.581. The van der Waals surface area contributed by atoms with Gasteiger partial charge in [0.05, 0.1) is 12.3 Å². The van der Waals surface area contributed by atoms with Gasteiger partial charge in [0.15, 0.2) is 0 Å². The summed E-state index contributed by atoms with van der Waals surface area (Å²) in [6.07, 6.45) is 21.8. The minimum atomic E-state index is 0.810. The maximum atomic E-state index is 5.87. The van der Waals surface area contributed by atoms with Crippen molar-refractivity contribution in [3.8, 4) is 5.75 Å². The zero-order valence-electron chi connectivity index (χ0n) is 21.4. The van der Waals surface area contributed by atoms with E-state index in [0.717, 1.165) is 30.0 Å². The zero-order chi connectivity index (χ0) is 23.4. The van der Waals surface area contributed by atoms with Crippen molar-refractivity contribution in [1.29, 1.82) is 0 Å². The third kappa shape index (κ3) is 13.3. The molecule has 0 atom stereocenters. The Morgan fingerprint density at radius 2 is 1.15 bits per heavy atom. The Balaban J connectivity index is 1.61. The van der Waals surface area contributed by atoms with Gasteiger partial charge in [-0.25, -0.2) is 0 Å². The lowest BCUT2D eigenvalue weighted by Gasteiger charge is -2.06. The highest BCUT2D eigenvalue weighted by Gasteiger charge is 1.98. The van der Waals surface area contributed by atoms with Gasteiger partial charge in [0, 0.05) is 6.21 Å². The Morgan fingerprint density at radius 1 is 0.606 bits per heavy atom. The summed E-state index contributed by atoms with van der Waals surface area (Å²) < 4.78 is 5.87. The van der Waals surface area contributed by atoms with Crippen LogP contribution in [-0.4, -0.2) is 12.8 Å². The lowest BCUT2D eigenvalue weighted by molar-refractivity contribution is 0.304. The van der Waals surface area contributed by atoms with Crippen molar-refractivity contribution in [1.82, 2.24) is 0 Å². The van der Waals surface area contributed by atoms with Crippen molar-refractivity contribution in [3.63, 3.8) is 0 Å². The van der Waals surface area contributed by atoms with E-state index in [4.69, 9.17) is 4.74 Å². The Morgan fingerprint density at radius 3 is 1.76 bits per heavy atom. The Hall–Kier alpha value is -2.09. The highest BCUT2D eigenvalue weighted by atomic mass is 16.5. The summed E-state index contributed by atoms with van der Waals surface area (Å²) in [5.41, 5.74) is 3.54. The van der Waals surface area contributed by atoms with Crippen LogP contribution in [0.1, 0.15) is 115 Å². The van der Waals surface area contributed by atoms with Gasteiger partial charge in [-0.05, 0) is 66.8 Å². The van der Waals surface area contributed by atoms with Crippen molar-refractivity contribution >= 4 is 11.9 Å². The average Bonchev–Trinajstić information content (AvgIpc) is 2.85. The molecule has 2 heteroatoms. The lowest BCUT2D eigenvalue weighted by atomic mass is 10.0. The second-order valence-electron chi connectivity index (χ2n) is 9.33. The largest absolute Gasteiger partial charge is 0.494 e. The molecule has 0 saturated carbocycles. The number of unbranched alkanes of at least 4 members (excludes halogenated alkanes) is 12. The molecule has 0 fully saturated rings. The van der Waals surface area contributed by atoms with Gasteiger partial charge < -0.3 is 4.74 Å². The molecule has 0 spiro atoms. The molecule has 2 nitrogen and oxygen atoms in total. The summed E-state index contributed by atoms with van der Waals surface area (Å²) >= 11 is 0. The van der Waals surface area contributed by atoms with E-state index < -0.39 is 0 Å². The lowest BCUT2D eigenvalue weighted by Crippen LogP contribution is -1.97. The number of hydrogen-bond donors (Lipinski definition) is 0. The monoisotopic (exact) mass is 449 g/mol. The van der Waals surface area contributed by atoms with Crippen LogP contribution < -0.4 is 4.74 Å². The predicted octanol–water partition coefficient (Wildman–Crippen LogP) is 9.86. The van der Waals surface area contributed by atoms with E-state index in [-0.39, 0.29) is 0 Å². The number of rotatable bonds is 19. The van der Waals surface area contributed by atoms with Crippen LogP contribution in [0.5, 0.6) is 5.75 Å². The summed E-state index contributed by atoms with van der Waals surface area (Å²) in [5.74, 6) is 0.950. The summed E-state index contributed by atoms with van der Waals surface area (Å²) in [7, 11) is 0. The minimum absolute atomic E-state index is 0.810. The maximum Gasteiger partial charge on any atom is 0.119 e. The first-order chi connectivity index (χ1) is 16.3. The first-order valence-electron chi connectivity index (χ1n) is 13.7. The van der Waals surface area contributed by atoms with Gasteiger partial charge in [0.1, 0.15) is 5.75 Å². The second-order valence-corrected chi connectivity index (χ2v) is 9.33. The molecule has 0 unspecified atom stereocenters. The van der Waals surface area contributed by atoms with Crippen LogP contribution >= 0.6 is 0 Å². The van der Waals surface area contributed by atoms with Crippen LogP contribution in [0.15, 0.2) is 53.5 Å². The Bertz CT molecular complexity index is 733. The normalized spacial score (nSPS) is 11.3. The number of hydrogen-bond acceptors (Lipinski definition) is 2. The third-order valence-corrected chi connectivity index (χ3v) is 6.26. The molecule has 182 valence electrons. The molecule has 0 aliphatic rings. The summed E-state index contributed by atoms with van der Waals surface area (Å²) in [5, 5.41) is 0. The van der Waals surface area contributed by atoms with Crippen molar-refractivity contribution in [2.24, 2.45) is 4.99 Å². The van der Waals surface area contributed by atoms with Gasteiger partial charge in [-0.1, -0.05) is 103 Å². The topological polar surface area (TPSA) is 21.6 Å². The molecule has 0 N–H and O–H groups in total. The van der Waals surface area contributed by atoms with Crippen LogP contribution in [0.25, 0.3) is 0 Å². The highest BCUT2D eigenvalue weighted by molar-refractivity contribution is 5.82. The van der Waals surface area contributed by atoms with E-state index in [1.165, 1.54) is 95.5 Å². The summed E-state index contributed by atoms with van der Waals surface area (Å²) in [4.78, 5) is 4.64. The average molecular weight is 450 g/mol. The van der Waals surface area contributed by atoms with Gasteiger partial charge in [-0.3, -0.25) is 4.99 Å². The Kier molecular flexibility index (Phi) is 15.1. The van der Waals surface area contributed by atoms with Crippen LogP contribution in [0.4, 0.5) is 5.69 Å². The first-order valence-corrected chi connectivity index (χ1v) is 13.7. The predicted molar refractivity (Wildman–Crippen MR) is 145 cm³/mol. The van der Waals surface area contributed by atoms with Crippen LogP contribution in [0.2, 0.25) is 0 Å². The van der Waals surface area contributed by atoms with Crippen LogP contribution in [0, 0.1) is 0 Å². The number of aryl methyl sites for hydroxylation is 1. The molecule has 0 aliphatic carbocycles. The molecule has 0 heterocycles. The number of benzene rings is 2. The molecule has 0 amide bonds. The molecular formula is C31H47NO. The maximum absolute atomic E-state index is 5.87. The second kappa shape index (κ2) is 18.3. The van der Waals surface area contributed by atoms with Crippen molar-refractivity contribution < 1.29 is 4.74 Å². The Labute approximate surface area is 203 Å². The smallest absolute Gasteiger partial charge is 0.119 e. The standard InChI is InChI=1S/C31H47NO/c1-3-5-7-9-11-12-13-15-17-28-18-22-30(23-19-28)32-27-29-20-24-31(25-21-29)33-26-16-14-10-8-6-4-2/h18-25,27H,3-17,26H2,1-2H3.